The van der Waals surface area contributed by atoms with Crippen molar-refractivity contribution in [2.45, 2.75) is 18.8 Å². The Labute approximate surface area is 231 Å². The van der Waals surface area contributed by atoms with E-state index in [-0.39, 0.29) is 11.7 Å². The second-order valence-electron chi connectivity index (χ2n) is 8.32. The van der Waals surface area contributed by atoms with Crippen molar-refractivity contribution >= 4 is 44.5 Å². The van der Waals surface area contributed by atoms with Crippen LogP contribution in [0.3, 0.4) is 0 Å². The van der Waals surface area contributed by atoms with Gasteiger partial charge in [0.05, 0.1) is 16.4 Å². The summed E-state index contributed by atoms with van der Waals surface area (Å²) in [7, 11) is 0. The van der Waals surface area contributed by atoms with Gasteiger partial charge >= 0.3 is 0 Å². The molecule has 0 saturated heterocycles. The number of hydrogen-bond donors (Lipinski definition) is 1. The Balaban J connectivity index is 1.58. The largest absolute Gasteiger partial charge is 0.490 e. The average molecular weight is 595 g/mol. The van der Waals surface area contributed by atoms with Crippen molar-refractivity contribution in [3.05, 3.63) is 105 Å². The van der Waals surface area contributed by atoms with E-state index in [2.05, 4.69) is 27.8 Å². The molecule has 0 aliphatic carbocycles. The van der Waals surface area contributed by atoms with Crippen LogP contribution in [0.2, 0.25) is 0 Å². The molecule has 38 heavy (non-hydrogen) atoms. The third kappa shape index (κ3) is 5.19. The molecule has 7 nitrogen and oxygen atoms in total. The standard InChI is InChI=1S/C28H24BrFN4O3S/c1-3-13-37-25-20(29)14-18(15-23(25)36-4-2)26-31-22-12-8-6-10-19(22)24-27(35)32-28(33-34(24)26)38-16-17-9-5-7-11-21(17)30/h3,5-12,14-15,26H,1,4,13,16H2,2H3,(H,32,33,35)/t26-/m0/s1. The van der Waals surface area contributed by atoms with Gasteiger partial charge in [-0.3, -0.25) is 15.1 Å². The van der Waals surface area contributed by atoms with Crippen LogP contribution < -0.4 is 25.4 Å². The molecule has 0 fully saturated rings. The van der Waals surface area contributed by atoms with Gasteiger partial charge in [-0.1, -0.05) is 60.8 Å². The number of hydrogen-bond acceptors (Lipinski definition) is 7. The molecule has 0 aromatic heterocycles. The highest BCUT2D eigenvalue weighted by Gasteiger charge is 2.35. The summed E-state index contributed by atoms with van der Waals surface area (Å²) in [6.07, 6.45) is 1.01. The number of nitrogens with zero attached hydrogens (tertiary/aromatic N) is 3. The Hall–Kier alpha value is -3.63. The molecule has 3 aromatic rings. The number of carbonyl (C=O) groups is 1. The van der Waals surface area contributed by atoms with E-state index in [0.717, 1.165) is 5.56 Å². The van der Waals surface area contributed by atoms with E-state index in [1.54, 1.807) is 29.3 Å². The minimum atomic E-state index is -0.654. The molecule has 5 rings (SSSR count). The number of halogens is 2. The van der Waals surface area contributed by atoms with Gasteiger partial charge in [-0.25, -0.2) is 9.40 Å². The second kappa shape index (κ2) is 11.4. The zero-order valence-electron chi connectivity index (χ0n) is 20.5. The number of amidine groups is 1. The molecule has 1 atom stereocenters. The molecular formula is C28H24BrFN4O3S. The molecule has 0 saturated carbocycles. The molecule has 10 heteroatoms. The summed E-state index contributed by atoms with van der Waals surface area (Å²) in [4.78, 5) is 18.4. The lowest BCUT2D eigenvalue weighted by Crippen LogP contribution is -2.50. The van der Waals surface area contributed by atoms with Gasteiger partial charge in [-0.05, 0) is 52.7 Å². The fourth-order valence-electron chi connectivity index (χ4n) is 4.15. The van der Waals surface area contributed by atoms with Gasteiger partial charge in [0.2, 0.25) is 0 Å². The molecule has 2 heterocycles. The molecular weight excluding hydrogens is 571 g/mol. The highest BCUT2D eigenvalue weighted by atomic mass is 79.9. The molecule has 0 bridgehead atoms. The number of amides is 1. The number of fused-ring (bicyclic) bond motifs is 2. The maximum absolute atomic E-state index is 14.2. The van der Waals surface area contributed by atoms with Crippen LogP contribution in [0.15, 0.2) is 87.9 Å². The first kappa shape index (κ1) is 26.0. The van der Waals surface area contributed by atoms with E-state index < -0.39 is 6.17 Å². The number of nitrogens with one attached hydrogen (secondary N) is 1. The summed E-state index contributed by atoms with van der Waals surface area (Å²) in [6, 6.07) is 17.7. The molecule has 0 spiro atoms. The van der Waals surface area contributed by atoms with Crippen LogP contribution in [0.5, 0.6) is 11.5 Å². The quantitative estimate of drug-likeness (QED) is 0.385. The third-order valence-electron chi connectivity index (χ3n) is 5.81. The molecule has 2 aliphatic rings. The SMILES string of the molecule is C=CCOc1c(Br)cc([C@H]2N=c3ccccc3=C3C(=O)NC(SCc4ccccc4F)=NN32)cc1OCC. The first-order chi connectivity index (χ1) is 18.5. The molecule has 3 aromatic carbocycles. The monoisotopic (exact) mass is 594 g/mol. The summed E-state index contributed by atoms with van der Waals surface area (Å²) < 4.78 is 26.6. The number of hydrazone groups is 1. The minimum absolute atomic E-state index is 0.304. The smallest absolute Gasteiger partial charge is 0.276 e. The number of thioether (sulfide) groups is 1. The summed E-state index contributed by atoms with van der Waals surface area (Å²) in [5.74, 6) is 0.786. The van der Waals surface area contributed by atoms with Gasteiger partial charge in [0, 0.05) is 16.5 Å². The normalized spacial score (nSPS) is 16.0. The van der Waals surface area contributed by atoms with E-state index in [9.17, 15) is 9.18 Å². The van der Waals surface area contributed by atoms with Gasteiger partial charge in [0.25, 0.3) is 5.91 Å². The summed E-state index contributed by atoms with van der Waals surface area (Å²) in [5, 5.41) is 11.0. The van der Waals surface area contributed by atoms with E-state index in [0.29, 0.717) is 61.9 Å². The highest BCUT2D eigenvalue weighted by Crippen LogP contribution is 2.41. The van der Waals surface area contributed by atoms with E-state index in [4.69, 9.17) is 19.6 Å². The number of benzene rings is 3. The third-order valence-corrected chi connectivity index (χ3v) is 7.31. The minimum Gasteiger partial charge on any atom is -0.490 e. The first-order valence-electron chi connectivity index (χ1n) is 11.9. The number of carbonyl (C=O) groups excluding carboxylic acids is 1. The topological polar surface area (TPSA) is 75.5 Å². The Kier molecular flexibility index (Phi) is 7.80. The van der Waals surface area contributed by atoms with Crippen molar-refractivity contribution in [3.63, 3.8) is 0 Å². The van der Waals surface area contributed by atoms with Crippen molar-refractivity contribution in [2.75, 3.05) is 13.2 Å². The lowest BCUT2D eigenvalue weighted by molar-refractivity contribution is -0.116. The molecule has 0 radical (unpaired) electrons. The van der Waals surface area contributed by atoms with Crippen LogP contribution in [-0.4, -0.2) is 29.3 Å². The van der Waals surface area contributed by atoms with Crippen LogP contribution in [0.4, 0.5) is 4.39 Å². The first-order valence-corrected chi connectivity index (χ1v) is 13.7. The Morgan fingerprint density at radius 3 is 2.76 bits per heavy atom. The number of rotatable bonds is 8. The van der Waals surface area contributed by atoms with Crippen LogP contribution in [0, 0.1) is 5.82 Å². The molecule has 1 N–H and O–H groups in total. The van der Waals surface area contributed by atoms with Crippen LogP contribution in [-0.2, 0) is 10.5 Å². The fourth-order valence-corrected chi connectivity index (χ4v) is 5.56. The lowest BCUT2D eigenvalue weighted by Gasteiger charge is -2.34. The summed E-state index contributed by atoms with van der Waals surface area (Å²) in [5.41, 5.74) is 1.65. The zero-order valence-corrected chi connectivity index (χ0v) is 22.9. The fraction of sp³-hybridized carbons (Fsp3) is 0.179. The van der Waals surface area contributed by atoms with Crippen LogP contribution in [0.1, 0.15) is 24.2 Å². The van der Waals surface area contributed by atoms with Gasteiger partial charge in [0.15, 0.2) is 22.8 Å². The number of para-hydroxylation sites is 1. The van der Waals surface area contributed by atoms with Crippen molar-refractivity contribution in [2.24, 2.45) is 10.1 Å². The second-order valence-corrected chi connectivity index (χ2v) is 10.1. The molecule has 194 valence electrons. The van der Waals surface area contributed by atoms with Gasteiger partial charge < -0.3 is 9.47 Å². The molecule has 2 aliphatic heterocycles. The molecule has 0 unspecified atom stereocenters. The Bertz CT molecular complexity index is 1560. The van der Waals surface area contributed by atoms with E-state index >= 15 is 0 Å². The zero-order chi connectivity index (χ0) is 26.6. The van der Waals surface area contributed by atoms with Crippen LogP contribution in [0.25, 0.3) is 5.70 Å². The Morgan fingerprint density at radius 1 is 1.18 bits per heavy atom. The van der Waals surface area contributed by atoms with Gasteiger partial charge in [-0.15, -0.1) is 5.10 Å². The summed E-state index contributed by atoms with van der Waals surface area (Å²) >= 11 is 4.85. The number of ether oxygens (including phenoxy) is 2. The van der Waals surface area contributed by atoms with Crippen molar-refractivity contribution in [1.29, 1.82) is 0 Å². The Morgan fingerprint density at radius 2 is 1.97 bits per heavy atom. The lowest BCUT2D eigenvalue weighted by atomic mass is 10.1. The molecule has 1 amide bonds. The average Bonchev–Trinajstić information content (AvgIpc) is 2.91. The van der Waals surface area contributed by atoms with Crippen molar-refractivity contribution < 1.29 is 18.7 Å². The van der Waals surface area contributed by atoms with Crippen molar-refractivity contribution in [3.8, 4) is 11.5 Å². The summed E-state index contributed by atoms with van der Waals surface area (Å²) in [6.45, 7) is 6.35. The maximum atomic E-state index is 14.2. The van der Waals surface area contributed by atoms with E-state index in [1.807, 2.05) is 43.3 Å². The van der Waals surface area contributed by atoms with Crippen molar-refractivity contribution in [1.82, 2.24) is 10.3 Å². The maximum Gasteiger partial charge on any atom is 0.276 e. The van der Waals surface area contributed by atoms with Gasteiger partial charge in [0.1, 0.15) is 18.1 Å². The van der Waals surface area contributed by atoms with E-state index in [1.165, 1.54) is 17.8 Å². The predicted octanol–water partition coefficient (Wildman–Crippen LogP) is 4.63. The predicted molar refractivity (Wildman–Crippen MR) is 149 cm³/mol. The van der Waals surface area contributed by atoms with Gasteiger partial charge in [-0.2, -0.15) is 0 Å². The van der Waals surface area contributed by atoms with Crippen LogP contribution >= 0.6 is 27.7 Å². The highest BCUT2D eigenvalue weighted by molar-refractivity contribution is 9.10.